The van der Waals surface area contributed by atoms with Crippen molar-refractivity contribution >= 4 is 51.3 Å². The Hall–Kier alpha value is -5.04. The van der Waals surface area contributed by atoms with Crippen LogP contribution in [0.25, 0.3) is 32.9 Å². The van der Waals surface area contributed by atoms with E-state index >= 15 is 0 Å². The van der Waals surface area contributed by atoms with Crippen molar-refractivity contribution in [2.75, 3.05) is 10.2 Å². The standard InChI is InChI=1S/C29H23N5O2/c1-33-14-12-20-15-21(6-11-27(20)33)29(36)32-22-7-10-26-24(16-22)25(17-31-26)19-4-8-23(9-5-19)34(18-35)28-3-2-13-30-28/h2-18,30-31H,1H3,(H,32,36). The smallest absolute Gasteiger partial charge is 0.255 e. The summed E-state index contributed by atoms with van der Waals surface area (Å²) < 4.78 is 2.03. The number of aromatic amines is 2. The van der Waals surface area contributed by atoms with Crippen LogP contribution in [0, 0.1) is 0 Å². The van der Waals surface area contributed by atoms with Gasteiger partial charge in [0.05, 0.1) is 5.69 Å². The lowest BCUT2D eigenvalue weighted by Crippen LogP contribution is -2.14. The third kappa shape index (κ3) is 3.73. The minimum Gasteiger partial charge on any atom is -0.361 e. The van der Waals surface area contributed by atoms with Gasteiger partial charge in [0.1, 0.15) is 5.82 Å². The summed E-state index contributed by atoms with van der Waals surface area (Å²) in [7, 11) is 1.99. The molecule has 6 rings (SSSR count). The van der Waals surface area contributed by atoms with Crippen molar-refractivity contribution in [1.29, 1.82) is 0 Å². The van der Waals surface area contributed by atoms with Crippen LogP contribution < -0.4 is 10.2 Å². The number of carbonyl (C=O) groups excluding carboxylic acids is 2. The van der Waals surface area contributed by atoms with Crippen LogP contribution in [-0.4, -0.2) is 26.9 Å². The van der Waals surface area contributed by atoms with Crippen molar-refractivity contribution < 1.29 is 9.59 Å². The number of carbonyl (C=O) groups is 2. The molecule has 0 spiro atoms. The molecule has 0 bridgehead atoms. The number of nitrogens with one attached hydrogen (secondary N) is 3. The quantitative estimate of drug-likeness (QED) is 0.252. The summed E-state index contributed by atoms with van der Waals surface area (Å²) >= 11 is 0. The van der Waals surface area contributed by atoms with Gasteiger partial charge in [0.25, 0.3) is 5.91 Å². The van der Waals surface area contributed by atoms with Crippen molar-refractivity contribution in [3.05, 3.63) is 103 Å². The number of amides is 2. The summed E-state index contributed by atoms with van der Waals surface area (Å²) in [5.41, 5.74) is 6.16. The molecule has 0 atom stereocenters. The second-order valence-corrected chi connectivity index (χ2v) is 8.69. The largest absolute Gasteiger partial charge is 0.361 e. The normalized spacial score (nSPS) is 11.1. The maximum atomic E-state index is 13.0. The molecule has 3 N–H and O–H groups in total. The number of rotatable bonds is 6. The van der Waals surface area contributed by atoms with E-state index in [1.165, 1.54) is 0 Å². The van der Waals surface area contributed by atoms with Crippen LogP contribution in [-0.2, 0) is 11.8 Å². The van der Waals surface area contributed by atoms with Crippen LogP contribution >= 0.6 is 0 Å². The van der Waals surface area contributed by atoms with Crippen molar-refractivity contribution in [3.8, 4) is 11.1 Å². The second-order valence-electron chi connectivity index (χ2n) is 8.69. The monoisotopic (exact) mass is 473 g/mol. The van der Waals surface area contributed by atoms with Crippen LogP contribution in [0.1, 0.15) is 10.4 Å². The van der Waals surface area contributed by atoms with Crippen molar-refractivity contribution in [2.45, 2.75) is 0 Å². The highest BCUT2D eigenvalue weighted by Crippen LogP contribution is 2.33. The van der Waals surface area contributed by atoms with Gasteiger partial charge in [0, 0.05) is 64.3 Å². The average Bonchev–Trinajstić information content (AvgIpc) is 3.66. The molecule has 176 valence electrons. The summed E-state index contributed by atoms with van der Waals surface area (Å²) in [6, 6.07) is 25.0. The van der Waals surface area contributed by atoms with Crippen molar-refractivity contribution in [2.24, 2.45) is 7.05 Å². The zero-order valence-corrected chi connectivity index (χ0v) is 19.5. The summed E-state index contributed by atoms with van der Waals surface area (Å²) in [6.07, 6.45) is 6.51. The van der Waals surface area contributed by atoms with Crippen LogP contribution in [0.15, 0.2) is 97.5 Å². The molecule has 7 heteroatoms. The van der Waals surface area contributed by atoms with Crippen LogP contribution in [0.2, 0.25) is 0 Å². The Morgan fingerprint density at radius 1 is 0.972 bits per heavy atom. The van der Waals surface area contributed by atoms with E-state index in [0.29, 0.717) is 11.4 Å². The van der Waals surface area contributed by atoms with Gasteiger partial charge in [-0.3, -0.25) is 14.5 Å². The molecule has 0 saturated heterocycles. The minimum atomic E-state index is -0.153. The summed E-state index contributed by atoms with van der Waals surface area (Å²) in [6.45, 7) is 0. The number of hydrogen-bond donors (Lipinski definition) is 3. The fourth-order valence-electron chi connectivity index (χ4n) is 4.59. The van der Waals surface area contributed by atoms with Crippen LogP contribution in [0.5, 0.6) is 0 Å². The molecular weight excluding hydrogens is 450 g/mol. The number of H-pyrrole nitrogens is 2. The van der Waals surface area contributed by atoms with E-state index in [-0.39, 0.29) is 5.91 Å². The first kappa shape index (κ1) is 21.5. The number of fused-ring (bicyclic) bond motifs is 2. The summed E-state index contributed by atoms with van der Waals surface area (Å²) in [5, 5.41) is 5.05. The number of aromatic nitrogens is 3. The predicted octanol–water partition coefficient (Wildman–Crippen LogP) is 6.20. The third-order valence-electron chi connectivity index (χ3n) is 6.49. The fourth-order valence-corrected chi connectivity index (χ4v) is 4.59. The zero-order chi connectivity index (χ0) is 24.6. The first-order chi connectivity index (χ1) is 17.6. The maximum absolute atomic E-state index is 13.0. The molecule has 6 aromatic rings. The SMILES string of the molecule is Cn1ccc2cc(C(=O)Nc3ccc4[nH]cc(-c5ccc(N(C=O)c6ccc[nH]6)cc5)c4c3)ccc21. The third-order valence-corrected chi connectivity index (χ3v) is 6.49. The molecule has 3 heterocycles. The molecule has 3 aromatic heterocycles. The summed E-state index contributed by atoms with van der Waals surface area (Å²) in [5.74, 6) is 0.552. The van der Waals surface area contributed by atoms with Gasteiger partial charge >= 0.3 is 0 Å². The average molecular weight is 474 g/mol. The lowest BCUT2D eigenvalue weighted by atomic mass is 10.0. The predicted molar refractivity (Wildman–Crippen MR) is 144 cm³/mol. The first-order valence-electron chi connectivity index (χ1n) is 11.6. The molecule has 0 aliphatic carbocycles. The van der Waals surface area contributed by atoms with Gasteiger partial charge in [-0.25, -0.2) is 0 Å². The van der Waals surface area contributed by atoms with Gasteiger partial charge in [0.2, 0.25) is 6.41 Å². The first-order valence-corrected chi connectivity index (χ1v) is 11.6. The van der Waals surface area contributed by atoms with Gasteiger partial charge in [-0.1, -0.05) is 12.1 Å². The van der Waals surface area contributed by atoms with E-state index < -0.39 is 0 Å². The topological polar surface area (TPSA) is 85.9 Å². The minimum absolute atomic E-state index is 0.153. The molecule has 36 heavy (non-hydrogen) atoms. The summed E-state index contributed by atoms with van der Waals surface area (Å²) in [4.78, 5) is 32.5. The van der Waals surface area contributed by atoms with Gasteiger partial charge in [-0.2, -0.15) is 0 Å². The molecular formula is C29H23N5O2. The number of aryl methyl sites for hydroxylation is 1. The van der Waals surface area contributed by atoms with Crippen molar-refractivity contribution in [3.63, 3.8) is 0 Å². The van der Waals surface area contributed by atoms with E-state index in [1.54, 1.807) is 11.1 Å². The van der Waals surface area contributed by atoms with Gasteiger partial charge in [-0.15, -0.1) is 0 Å². The number of nitrogens with zero attached hydrogens (tertiary/aromatic N) is 2. The Labute approximate surface area is 207 Å². The van der Waals surface area contributed by atoms with E-state index in [4.69, 9.17) is 0 Å². The van der Waals surface area contributed by atoms with Gasteiger partial charge in [-0.05, 0) is 72.3 Å². The fraction of sp³-hybridized carbons (Fsp3) is 0.0345. The lowest BCUT2D eigenvalue weighted by Gasteiger charge is -2.16. The molecule has 0 saturated carbocycles. The highest BCUT2D eigenvalue weighted by Gasteiger charge is 2.13. The van der Waals surface area contributed by atoms with E-state index in [1.807, 2.05) is 103 Å². The van der Waals surface area contributed by atoms with Crippen LogP contribution in [0.3, 0.4) is 0 Å². The number of anilines is 3. The van der Waals surface area contributed by atoms with E-state index in [2.05, 4.69) is 15.3 Å². The number of benzene rings is 3. The molecule has 0 aliphatic rings. The molecule has 0 radical (unpaired) electrons. The van der Waals surface area contributed by atoms with E-state index in [9.17, 15) is 9.59 Å². The highest BCUT2D eigenvalue weighted by atomic mass is 16.1. The Morgan fingerprint density at radius 2 is 1.83 bits per heavy atom. The lowest BCUT2D eigenvalue weighted by molar-refractivity contribution is -0.106. The molecule has 0 fully saturated rings. The highest BCUT2D eigenvalue weighted by molar-refractivity contribution is 6.08. The second kappa shape index (κ2) is 8.63. The molecule has 0 unspecified atom stereocenters. The Kier molecular flexibility index (Phi) is 5.15. The Morgan fingerprint density at radius 3 is 2.61 bits per heavy atom. The molecule has 2 amide bonds. The zero-order valence-electron chi connectivity index (χ0n) is 19.5. The van der Waals surface area contributed by atoms with Crippen molar-refractivity contribution in [1.82, 2.24) is 14.5 Å². The molecule has 3 aromatic carbocycles. The number of hydrogen-bond acceptors (Lipinski definition) is 2. The van der Waals surface area contributed by atoms with E-state index in [0.717, 1.165) is 50.7 Å². The Balaban J connectivity index is 1.27. The molecule has 0 aliphatic heterocycles. The Bertz CT molecular complexity index is 1710. The maximum Gasteiger partial charge on any atom is 0.255 e. The molecule has 7 nitrogen and oxygen atoms in total. The van der Waals surface area contributed by atoms with Gasteiger partial charge < -0.3 is 19.9 Å². The van der Waals surface area contributed by atoms with Crippen LogP contribution in [0.4, 0.5) is 17.2 Å². The van der Waals surface area contributed by atoms with Gasteiger partial charge in [0.15, 0.2) is 0 Å².